The molecule has 0 spiro atoms. The zero-order valence-corrected chi connectivity index (χ0v) is 41.4. The van der Waals surface area contributed by atoms with E-state index in [0.29, 0.717) is 0 Å². The fourth-order valence-electron chi connectivity index (χ4n) is 14.4. The molecule has 0 saturated heterocycles. The number of hydrogen-bond acceptors (Lipinski definition) is 0. The molecule has 2 aromatic heterocycles. The second-order valence-corrected chi connectivity index (χ2v) is 21.0. The van der Waals surface area contributed by atoms with Crippen molar-refractivity contribution in [3.8, 4) is 22.3 Å². The van der Waals surface area contributed by atoms with E-state index in [0.717, 1.165) is 12.8 Å². The fraction of sp³-hybridized carbons (Fsp3) is 0.0833. The molecule has 13 aromatic rings. The zero-order chi connectivity index (χ0) is 48.8. The van der Waals surface area contributed by atoms with Crippen LogP contribution in [0.1, 0.15) is 40.3 Å². The monoisotopic (exact) mass is 942 g/mol. The number of allylic oxidation sites excluding steroid dienone is 6. The van der Waals surface area contributed by atoms with Crippen molar-refractivity contribution in [3.05, 3.63) is 264 Å². The van der Waals surface area contributed by atoms with Gasteiger partial charge in [0.2, 0.25) is 0 Å². The number of benzene rings is 11. The Morgan fingerprint density at radius 3 is 1.70 bits per heavy atom. The van der Waals surface area contributed by atoms with Gasteiger partial charge < -0.3 is 9.13 Å². The summed E-state index contributed by atoms with van der Waals surface area (Å²) in [6.07, 6.45) is 14.0. The van der Waals surface area contributed by atoms with Crippen LogP contribution >= 0.6 is 0 Å². The minimum Gasteiger partial charge on any atom is -0.342 e. The molecule has 0 aliphatic heterocycles. The highest BCUT2D eigenvalue weighted by atomic mass is 15.0. The average Bonchev–Trinajstić information content (AvgIpc) is 3.92. The van der Waals surface area contributed by atoms with Gasteiger partial charge in [0, 0.05) is 53.3 Å². The van der Waals surface area contributed by atoms with Crippen LogP contribution in [0.25, 0.3) is 120 Å². The van der Waals surface area contributed by atoms with Gasteiger partial charge in [-0.3, -0.25) is 0 Å². The molecular formula is C72H50N2. The summed E-state index contributed by atoms with van der Waals surface area (Å²) < 4.78 is 5.06. The van der Waals surface area contributed by atoms with Crippen molar-refractivity contribution in [3.63, 3.8) is 0 Å². The van der Waals surface area contributed by atoms with Gasteiger partial charge in [-0.05, 0) is 135 Å². The van der Waals surface area contributed by atoms with Gasteiger partial charge in [0.1, 0.15) is 0 Å². The maximum Gasteiger partial charge on any atom is 0.0742 e. The van der Waals surface area contributed by atoms with Crippen molar-refractivity contribution in [2.24, 2.45) is 20.0 Å². The van der Waals surface area contributed by atoms with E-state index in [1.807, 2.05) is 0 Å². The first kappa shape index (κ1) is 41.6. The van der Waals surface area contributed by atoms with Gasteiger partial charge in [0.15, 0.2) is 0 Å². The van der Waals surface area contributed by atoms with Crippen LogP contribution in [0.3, 0.4) is 0 Å². The Hall–Kier alpha value is -8.98. The van der Waals surface area contributed by atoms with E-state index < -0.39 is 0 Å². The van der Waals surface area contributed by atoms with Crippen LogP contribution in [0, 0.1) is 5.92 Å². The first-order valence-electron chi connectivity index (χ1n) is 26.3. The molecule has 0 saturated carbocycles. The highest BCUT2D eigenvalue weighted by molar-refractivity contribution is 6.33. The Bertz CT molecular complexity index is 4680. The highest BCUT2D eigenvalue weighted by Crippen LogP contribution is 2.55. The SMILES string of the molecule is Cn1c2c(c3c4ccccc4c4c5ccc(-c6c7ccccc7c(-c7cccc8ccccc78)c7ccccc67)cc5n(C)c4c31)CCC(C1c3ccccc3C(c3cccc4ccccc34)=C3C=CC=CC31)=C2. The second-order valence-electron chi connectivity index (χ2n) is 21.0. The summed E-state index contributed by atoms with van der Waals surface area (Å²) in [6.45, 7) is 0. The molecule has 0 radical (unpaired) electrons. The largest absolute Gasteiger partial charge is 0.342 e. The van der Waals surface area contributed by atoms with Crippen LogP contribution in [0.5, 0.6) is 0 Å². The van der Waals surface area contributed by atoms with Gasteiger partial charge in [0.25, 0.3) is 0 Å². The third kappa shape index (κ3) is 5.71. The van der Waals surface area contributed by atoms with E-state index >= 15 is 0 Å². The summed E-state index contributed by atoms with van der Waals surface area (Å²) in [4.78, 5) is 0. The van der Waals surface area contributed by atoms with Crippen LogP contribution in [0.15, 0.2) is 236 Å². The van der Waals surface area contributed by atoms with E-state index in [1.165, 1.54) is 153 Å². The third-order valence-electron chi connectivity index (χ3n) is 17.4. The molecule has 74 heavy (non-hydrogen) atoms. The topological polar surface area (TPSA) is 9.86 Å². The minimum atomic E-state index is 0.230. The molecule has 16 rings (SSSR count). The summed E-state index contributed by atoms with van der Waals surface area (Å²) in [7, 11) is 4.63. The summed E-state index contributed by atoms with van der Waals surface area (Å²) in [5.74, 6) is 0.461. The molecule has 348 valence electrons. The zero-order valence-electron chi connectivity index (χ0n) is 41.4. The molecule has 0 amide bonds. The maximum atomic E-state index is 2.60. The Balaban J connectivity index is 0.900. The molecule has 2 atom stereocenters. The molecule has 0 N–H and O–H groups in total. The summed E-state index contributed by atoms with van der Waals surface area (Å²) in [5.41, 5.74) is 20.2. The van der Waals surface area contributed by atoms with E-state index in [1.54, 1.807) is 0 Å². The fourth-order valence-corrected chi connectivity index (χ4v) is 14.4. The van der Waals surface area contributed by atoms with E-state index in [4.69, 9.17) is 0 Å². The molecule has 2 unspecified atom stereocenters. The Labute approximate surface area is 429 Å². The molecule has 3 aliphatic carbocycles. The lowest BCUT2D eigenvalue weighted by Crippen LogP contribution is -2.24. The van der Waals surface area contributed by atoms with Crippen LogP contribution in [-0.2, 0) is 20.5 Å². The van der Waals surface area contributed by atoms with Crippen LogP contribution in [-0.4, -0.2) is 9.13 Å². The van der Waals surface area contributed by atoms with Gasteiger partial charge in [-0.1, -0.05) is 224 Å². The van der Waals surface area contributed by atoms with Gasteiger partial charge in [0.05, 0.1) is 11.0 Å². The van der Waals surface area contributed by atoms with E-state index in [2.05, 4.69) is 254 Å². The highest BCUT2D eigenvalue weighted by Gasteiger charge is 2.38. The predicted molar refractivity (Wildman–Crippen MR) is 315 cm³/mol. The van der Waals surface area contributed by atoms with Crippen molar-refractivity contribution in [1.82, 2.24) is 9.13 Å². The smallest absolute Gasteiger partial charge is 0.0742 e. The number of hydrogen-bond donors (Lipinski definition) is 0. The van der Waals surface area contributed by atoms with Crippen LogP contribution in [0.2, 0.25) is 0 Å². The normalized spacial score (nSPS) is 16.3. The van der Waals surface area contributed by atoms with Gasteiger partial charge in [-0.2, -0.15) is 0 Å². The molecule has 2 heteroatoms. The van der Waals surface area contributed by atoms with Crippen molar-refractivity contribution in [2.75, 3.05) is 0 Å². The predicted octanol–water partition coefficient (Wildman–Crippen LogP) is 18.6. The van der Waals surface area contributed by atoms with Crippen molar-refractivity contribution in [2.45, 2.75) is 18.8 Å². The number of nitrogens with zero attached hydrogens (tertiary/aromatic N) is 2. The molecule has 3 aliphatic rings. The minimum absolute atomic E-state index is 0.230. The number of aryl methyl sites for hydroxylation is 3. The molecule has 2 heterocycles. The first-order valence-corrected chi connectivity index (χ1v) is 26.3. The number of aromatic nitrogens is 2. The van der Waals surface area contributed by atoms with Crippen molar-refractivity contribution >= 4 is 98.2 Å². The number of fused-ring (bicyclic) bond motifs is 16. The van der Waals surface area contributed by atoms with E-state index in [-0.39, 0.29) is 11.8 Å². The second kappa shape index (κ2) is 15.8. The van der Waals surface area contributed by atoms with Crippen molar-refractivity contribution in [1.29, 1.82) is 0 Å². The average molecular weight is 943 g/mol. The lowest BCUT2D eigenvalue weighted by molar-refractivity contribution is 0.612. The van der Waals surface area contributed by atoms with Crippen LogP contribution in [0.4, 0.5) is 0 Å². The summed E-state index contributed by atoms with van der Waals surface area (Å²) in [6, 6.07) is 75.1. The molecule has 0 bridgehead atoms. The Morgan fingerprint density at radius 2 is 0.986 bits per heavy atom. The van der Waals surface area contributed by atoms with Crippen LogP contribution < -0.4 is 0 Å². The Kier molecular flexibility index (Phi) is 8.86. The van der Waals surface area contributed by atoms with E-state index in [9.17, 15) is 0 Å². The van der Waals surface area contributed by atoms with Crippen molar-refractivity contribution < 1.29 is 0 Å². The lowest BCUT2D eigenvalue weighted by atomic mass is 9.65. The molecule has 11 aromatic carbocycles. The summed E-state index contributed by atoms with van der Waals surface area (Å²) in [5, 5.41) is 16.9. The van der Waals surface area contributed by atoms with Gasteiger partial charge >= 0.3 is 0 Å². The standard InChI is InChI=1S/C72H50N2/c1-73-63-41-45(65-51-25-7-11-29-55(51)67(56-30-12-8-26-52(56)65)49-35-17-21-43-19-3-5-23-47(43)49)37-39-61(63)69-59-33-15-16-34-60(59)70-62-40-38-46(42-64(62)74(2)72(70)71(69)73)66-53-27-9-13-31-57(53)68(58-32-14-10-28-54(58)66)50-36-18-22-44-20-4-6-24-48(44)50/h3-37,39,41-42,53,66H,38,40H2,1-2H3. The maximum absolute atomic E-state index is 2.60. The quantitative estimate of drug-likeness (QED) is 0.156. The first-order chi connectivity index (χ1) is 36.6. The van der Waals surface area contributed by atoms with Gasteiger partial charge in [-0.25, -0.2) is 0 Å². The molecular weight excluding hydrogens is 893 g/mol. The molecule has 0 fully saturated rings. The van der Waals surface area contributed by atoms with Gasteiger partial charge in [-0.15, -0.1) is 0 Å². The number of rotatable bonds is 4. The molecule has 2 nitrogen and oxygen atoms in total. The Morgan fingerprint density at radius 1 is 0.432 bits per heavy atom. The third-order valence-corrected chi connectivity index (χ3v) is 17.4. The lowest BCUT2D eigenvalue weighted by Gasteiger charge is -2.39. The summed E-state index contributed by atoms with van der Waals surface area (Å²) >= 11 is 0.